The quantitative estimate of drug-likeness (QED) is 0.802. The van der Waals surface area contributed by atoms with Crippen molar-refractivity contribution in [1.29, 1.82) is 0 Å². The molecule has 0 saturated carbocycles. The molecule has 1 fully saturated rings. The Morgan fingerprint density at radius 1 is 1.27 bits per heavy atom. The van der Waals surface area contributed by atoms with E-state index >= 15 is 0 Å². The lowest BCUT2D eigenvalue weighted by Gasteiger charge is -2.42. The van der Waals surface area contributed by atoms with Crippen LogP contribution in [-0.2, 0) is 14.3 Å². The molecule has 0 radical (unpaired) electrons. The summed E-state index contributed by atoms with van der Waals surface area (Å²) in [6.07, 6.45) is -0.155. The van der Waals surface area contributed by atoms with E-state index in [2.05, 4.69) is 6.58 Å². The number of nitrogens with zero attached hydrogens (tertiary/aromatic N) is 1. The lowest BCUT2D eigenvalue weighted by molar-refractivity contribution is -0.154. The molecule has 0 amide bonds. The maximum Gasteiger partial charge on any atom is 0.338 e. The summed E-state index contributed by atoms with van der Waals surface area (Å²) < 4.78 is 10.4. The highest BCUT2D eigenvalue weighted by atomic mass is 16.6. The molecule has 3 atom stereocenters. The van der Waals surface area contributed by atoms with Crippen LogP contribution in [-0.4, -0.2) is 43.1 Å². The minimum atomic E-state index is -0.571. The van der Waals surface area contributed by atoms with Crippen LogP contribution in [0.25, 0.3) is 0 Å². The van der Waals surface area contributed by atoms with Crippen molar-refractivity contribution in [3.8, 4) is 0 Å². The molecule has 118 valence electrons. The van der Waals surface area contributed by atoms with Gasteiger partial charge in [-0.3, -0.25) is 4.79 Å². The summed E-state index contributed by atoms with van der Waals surface area (Å²) in [5.41, 5.74) is 1.29. The second-order valence-corrected chi connectivity index (χ2v) is 5.48. The molecule has 22 heavy (non-hydrogen) atoms. The molecule has 5 heteroatoms. The van der Waals surface area contributed by atoms with Crippen LogP contribution in [0.5, 0.6) is 0 Å². The van der Waals surface area contributed by atoms with Gasteiger partial charge in [0.25, 0.3) is 0 Å². The van der Waals surface area contributed by atoms with Gasteiger partial charge in [-0.25, -0.2) is 4.79 Å². The molecule has 1 aliphatic rings. The Labute approximate surface area is 130 Å². The molecule has 0 bridgehead atoms. The van der Waals surface area contributed by atoms with Gasteiger partial charge >= 0.3 is 11.9 Å². The largest absolute Gasteiger partial charge is 0.469 e. The van der Waals surface area contributed by atoms with E-state index in [0.717, 1.165) is 5.70 Å². The van der Waals surface area contributed by atoms with Gasteiger partial charge in [0.2, 0.25) is 0 Å². The normalized spacial score (nSPS) is 24.8. The van der Waals surface area contributed by atoms with E-state index in [1.807, 2.05) is 24.9 Å². The predicted molar refractivity (Wildman–Crippen MR) is 82.1 cm³/mol. The molecule has 1 aromatic carbocycles. The van der Waals surface area contributed by atoms with E-state index in [9.17, 15) is 9.59 Å². The predicted octanol–water partition coefficient (Wildman–Crippen LogP) is 2.24. The van der Waals surface area contributed by atoms with Crippen LogP contribution in [0, 0.1) is 5.92 Å². The first kappa shape index (κ1) is 16.1. The Kier molecular flexibility index (Phi) is 4.85. The molecule has 5 nitrogen and oxygen atoms in total. The Balaban J connectivity index is 2.20. The summed E-state index contributed by atoms with van der Waals surface area (Å²) in [6.45, 7) is 5.88. The van der Waals surface area contributed by atoms with Gasteiger partial charge < -0.3 is 14.4 Å². The summed E-state index contributed by atoms with van der Waals surface area (Å²) in [7, 11) is 3.22. The topological polar surface area (TPSA) is 55.8 Å². The van der Waals surface area contributed by atoms with Crippen molar-refractivity contribution in [2.45, 2.75) is 25.5 Å². The summed E-state index contributed by atoms with van der Waals surface area (Å²) in [5.74, 6) is -1.35. The van der Waals surface area contributed by atoms with Gasteiger partial charge in [0, 0.05) is 25.2 Å². The number of methoxy groups -OCH3 is 1. The number of ether oxygens (including phenoxy) is 2. The first-order valence-corrected chi connectivity index (χ1v) is 7.20. The summed E-state index contributed by atoms with van der Waals surface area (Å²) in [6, 6.07) is 8.58. The molecule has 2 rings (SSSR count). The van der Waals surface area contributed by atoms with Crippen LogP contribution in [0.1, 0.15) is 23.7 Å². The molecule has 1 aromatic rings. The number of carbonyl (C=O) groups excluding carboxylic acids is 2. The van der Waals surface area contributed by atoms with E-state index in [0.29, 0.717) is 12.0 Å². The number of hydrogen-bond acceptors (Lipinski definition) is 5. The Bertz CT molecular complexity index is 569. The number of carbonyl (C=O) groups is 2. The van der Waals surface area contributed by atoms with Gasteiger partial charge in [-0.2, -0.15) is 0 Å². The van der Waals surface area contributed by atoms with Crippen molar-refractivity contribution in [2.75, 3.05) is 14.2 Å². The van der Waals surface area contributed by atoms with Crippen molar-refractivity contribution in [1.82, 2.24) is 4.90 Å². The zero-order valence-corrected chi connectivity index (χ0v) is 13.1. The molecule has 2 unspecified atom stereocenters. The molecule has 0 aromatic heterocycles. The van der Waals surface area contributed by atoms with E-state index in [1.54, 1.807) is 24.3 Å². The molecule has 1 heterocycles. The first-order chi connectivity index (χ1) is 10.5. The monoisotopic (exact) mass is 303 g/mol. The molecule has 0 N–H and O–H groups in total. The van der Waals surface area contributed by atoms with Crippen molar-refractivity contribution < 1.29 is 19.1 Å². The fourth-order valence-corrected chi connectivity index (χ4v) is 2.72. The van der Waals surface area contributed by atoms with Crippen LogP contribution in [0.3, 0.4) is 0 Å². The summed E-state index contributed by atoms with van der Waals surface area (Å²) in [4.78, 5) is 26.3. The van der Waals surface area contributed by atoms with Gasteiger partial charge in [0.05, 0.1) is 12.7 Å². The number of piperidine rings is 1. The Hall–Kier alpha value is -2.30. The smallest absolute Gasteiger partial charge is 0.338 e. The highest BCUT2D eigenvalue weighted by Gasteiger charge is 2.43. The highest BCUT2D eigenvalue weighted by molar-refractivity contribution is 5.89. The highest BCUT2D eigenvalue weighted by Crippen LogP contribution is 2.32. The zero-order chi connectivity index (χ0) is 16.3. The summed E-state index contributed by atoms with van der Waals surface area (Å²) in [5, 5.41) is 0. The van der Waals surface area contributed by atoms with Gasteiger partial charge in [-0.1, -0.05) is 24.8 Å². The number of likely N-dealkylation sites (tertiary alicyclic amines) is 1. The van der Waals surface area contributed by atoms with E-state index in [1.165, 1.54) is 7.11 Å². The third-order valence-electron chi connectivity index (χ3n) is 4.21. The van der Waals surface area contributed by atoms with Crippen LogP contribution < -0.4 is 0 Å². The first-order valence-electron chi connectivity index (χ1n) is 7.20. The van der Waals surface area contributed by atoms with Gasteiger partial charge in [0.15, 0.2) is 0 Å². The average Bonchev–Trinajstić information content (AvgIpc) is 2.53. The molecule has 1 aliphatic heterocycles. The maximum absolute atomic E-state index is 12.2. The number of benzene rings is 1. The lowest BCUT2D eigenvalue weighted by atomic mass is 9.86. The zero-order valence-electron chi connectivity index (χ0n) is 13.1. The van der Waals surface area contributed by atoms with Crippen LogP contribution in [0.15, 0.2) is 42.6 Å². The minimum absolute atomic E-state index is 0.151. The lowest BCUT2D eigenvalue weighted by Crippen LogP contribution is -2.51. The molecule has 0 spiro atoms. The van der Waals surface area contributed by atoms with Crippen molar-refractivity contribution >= 4 is 11.9 Å². The number of esters is 2. The summed E-state index contributed by atoms with van der Waals surface area (Å²) >= 11 is 0. The third kappa shape index (κ3) is 3.13. The van der Waals surface area contributed by atoms with Crippen molar-refractivity contribution in [3.05, 3.63) is 48.2 Å². The molecule has 1 saturated heterocycles. The SMILES string of the molecule is C=C1C[C@H](OC(=O)c2ccccc2)C(C(=O)OC)C(C)N1C. The van der Waals surface area contributed by atoms with Crippen molar-refractivity contribution in [3.63, 3.8) is 0 Å². The van der Waals surface area contributed by atoms with Crippen LogP contribution >= 0.6 is 0 Å². The molecular weight excluding hydrogens is 282 g/mol. The van der Waals surface area contributed by atoms with Gasteiger partial charge in [-0.05, 0) is 19.1 Å². The number of rotatable bonds is 3. The second kappa shape index (κ2) is 6.64. The maximum atomic E-state index is 12.2. The third-order valence-corrected chi connectivity index (χ3v) is 4.21. The standard InChI is InChI=1S/C17H21NO4/c1-11-10-14(15(17(20)21-4)12(2)18(11)3)22-16(19)13-8-6-5-7-9-13/h5-9,12,14-15H,1,10H2,2-4H3/t12?,14-,15?/m0/s1. The van der Waals surface area contributed by atoms with Crippen molar-refractivity contribution in [2.24, 2.45) is 5.92 Å². The number of hydrogen-bond donors (Lipinski definition) is 0. The van der Waals surface area contributed by atoms with E-state index in [4.69, 9.17) is 9.47 Å². The van der Waals surface area contributed by atoms with Gasteiger partial charge in [-0.15, -0.1) is 0 Å². The Morgan fingerprint density at radius 3 is 2.50 bits per heavy atom. The Morgan fingerprint density at radius 2 is 1.91 bits per heavy atom. The fraction of sp³-hybridized carbons (Fsp3) is 0.412. The van der Waals surface area contributed by atoms with E-state index in [-0.39, 0.29) is 12.0 Å². The molecular formula is C17H21NO4. The average molecular weight is 303 g/mol. The van der Waals surface area contributed by atoms with Crippen LogP contribution in [0.4, 0.5) is 0 Å². The van der Waals surface area contributed by atoms with Crippen LogP contribution in [0.2, 0.25) is 0 Å². The van der Waals surface area contributed by atoms with Gasteiger partial charge in [0.1, 0.15) is 12.0 Å². The van der Waals surface area contributed by atoms with E-state index < -0.39 is 18.0 Å². The second-order valence-electron chi connectivity index (χ2n) is 5.48. The molecule has 0 aliphatic carbocycles. The minimum Gasteiger partial charge on any atom is -0.469 e. The fourth-order valence-electron chi connectivity index (χ4n) is 2.72.